The number of nitrogens with zero attached hydrogens (tertiary/aromatic N) is 2. The minimum absolute atomic E-state index is 0.103. The first-order chi connectivity index (χ1) is 7.63. The third-order valence-corrected chi connectivity index (χ3v) is 2.85. The van der Waals surface area contributed by atoms with Gasteiger partial charge in [-0.05, 0) is 13.3 Å². The van der Waals surface area contributed by atoms with Crippen molar-refractivity contribution < 1.29 is 4.79 Å². The van der Waals surface area contributed by atoms with Gasteiger partial charge in [0.25, 0.3) is 0 Å². The Hall–Kier alpha value is -1.05. The van der Waals surface area contributed by atoms with Gasteiger partial charge >= 0.3 is 0 Å². The molecule has 2 N–H and O–H groups in total. The van der Waals surface area contributed by atoms with Crippen LogP contribution in [0.2, 0.25) is 0 Å². The molecule has 1 fully saturated rings. The molecule has 90 valence electrons. The fraction of sp³-hybridized carbons (Fsp3) is 0.750. The largest absolute Gasteiger partial charge is 0.340 e. The lowest BCUT2D eigenvalue weighted by Crippen LogP contribution is -2.48. The normalized spacial score (nSPS) is 19.2. The number of terminal acetylenes is 1. The number of hydrogen-bond donors (Lipinski definition) is 1. The smallest absolute Gasteiger partial charge is 0.222 e. The summed E-state index contributed by atoms with van der Waals surface area (Å²) in [6.45, 7) is 5.96. The maximum atomic E-state index is 11.8. The quantitative estimate of drug-likeness (QED) is 0.677. The molecule has 1 saturated heterocycles. The lowest BCUT2D eigenvalue weighted by molar-refractivity contribution is -0.133. The van der Waals surface area contributed by atoms with Crippen LogP contribution in [0, 0.1) is 12.3 Å². The van der Waals surface area contributed by atoms with Crippen LogP contribution in [0.5, 0.6) is 0 Å². The Morgan fingerprint density at radius 2 is 2.06 bits per heavy atom. The van der Waals surface area contributed by atoms with E-state index in [1.807, 2.05) is 11.8 Å². The van der Waals surface area contributed by atoms with Crippen molar-refractivity contribution >= 4 is 5.91 Å². The van der Waals surface area contributed by atoms with Crippen LogP contribution in [0.25, 0.3) is 0 Å². The maximum Gasteiger partial charge on any atom is 0.222 e. The molecule has 1 aliphatic rings. The van der Waals surface area contributed by atoms with Gasteiger partial charge in [-0.1, -0.05) is 5.92 Å². The summed E-state index contributed by atoms with van der Waals surface area (Å²) in [6.07, 6.45) is 6.58. The van der Waals surface area contributed by atoms with E-state index in [-0.39, 0.29) is 11.9 Å². The van der Waals surface area contributed by atoms with E-state index in [9.17, 15) is 4.79 Å². The maximum absolute atomic E-state index is 11.8. The molecule has 0 bridgehead atoms. The van der Waals surface area contributed by atoms with Crippen molar-refractivity contribution in [1.29, 1.82) is 0 Å². The molecule has 0 aromatic heterocycles. The van der Waals surface area contributed by atoms with Crippen LogP contribution in [-0.2, 0) is 4.79 Å². The molecule has 0 aliphatic carbocycles. The van der Waals surface area contributed by atoms with Crippen LogP contribution in [-0.4, -0.2) is 54.5 Å². The highest BCUT2D eigenvalue weighted by Gasteiger charge is 2.20. The highest BCUT2D eigenvalue weighted by molar-refractivity contribution is 5.76. The first-order valence-corrected chi connectivity index (χ1v) is 5.82. The van der Waals surface area contributed by atoms with Gasteiger partial charge in [-0.2, -0.15) is 0 Å². The first kappa shape index (κ1) is 13.0. The Bertz CT molecular complexity index is 262. The number of nitrogens with two attached hydrogens (primary N) is 1. The molecule has 4 nitrogen and oxygen atoms in total. The molecule has 4 heteroatoms. The Labute approximate surface area is 97.8 Å². The van der Waals surface area contributed by atoms with Crippen molar-refractivity contribution in [3.05, 3.63) is 0 Å². The summed E-state index contributed by atoms with van der Waals surface area (Å²) < 4.78 is 0. The van der Waals surface area contributed by atoms with Crippen LogP contribution in [0.3, 0.4) is 0 Å². The van der Waals surface area contributed by atoms with Gasteiger partial charge < -0.3 is 10.6 Å². The second-order valence-electron chi connectivity index (χ2n) is 4.38. The topological polar surface area (TPSA) is 49.6 Å². The standard InChI is InChI=1S/C12H21N3O/c1-3-6-14-7-9-15(10-8-14)12(16)5-4-11(2)13/h1,11H,4-10,13H2,2H3. The molecule has 16 heavy (non-hydrogen) atoms. The molecule has 1 atom stereocenters. The summed E-state index contributed by atoms with van der Waals surface area (Å²) in [4.78, 5) is 15.9. The molecular weight excluding hydrogens is 202 g/mol. The highest BCUT2D eigenvalue weighted by atomic mass is 16.2. The lowest BCUT2D eigenvalue weighted by Gasteiger charge is -2.33. The van der Waals surface area contributed by atoms with E-state index in [4.69, 9.17) is 12.2 Å². The summed E-state index contributed by atoms with van der Waals surface area (Å²) in [6, 6.07) is 0.103. The van der Waals surface area contributed by atoms with E-state index >= 15 is 0 Å². The van der Waals surface area contributed by atoms with Gasteiger partial charge in [-0.15, -0.1) is 6.42 Å². The molecule has 0 spiro atoms. The van der Waals surface area contributed by atoms with Gasteiger partial charge in [0.1, 0.15) is 0 Å². The molecule has 0 aromatic carbocycles. The fourth-order valence-corrected chi connectivity index (χ4v) is 1.79. The fourth-order valence-electron chi connectivity index (χ4n) is 1.79. The Morgan fingerprint density at radius 3 is 2.56 bits per heavy atom. The van der Waals surface area contributed by atoms with E-state index in [0.717, 1.165) is 32.6 Å². The van der Waals surface area contributed by atoms with Crippen molar-refractivity contribution in [3.63, 3.8) is 0 Å². The van der Waals surface area contributed by atoms with E-state index in [1.165, 1.54) is 0 Å². The third kappa shape index (κ3) is 4.21. The predicted molar refractivity (Wildman–Crippen MR) is 64.7 cm³/mol. The molecule has 1 amide bonds. The molecule has 1 rings (SSSR count). The summed E-state index contributed by atoms with van der Waals surface area (Å²) >= 11 is 0. The van der Waals surface area contributed by atoms with Gasteiger partial charge in [0.05, 0.1) is 6.54 Å². The van der Waals surface area contributed by atoms with Gasteiger partial charge in [0.2, 0.25) is 5.91 Å². The summed E-state index contributed by atoms with van der Waals surface area (Å²) in [5, 5.41) is 0. The summed E-state index contributed by atoms with van der Waals surface area (Å²) in [5.41, 5.74) is 5.63. The molecular formula is C12H21N3O. The number of rotatable bonds is 4. The van der Waals surface area contributed by atoms with Crippen molar-refractivity contribution in [3.8, 4) is 12.3 Å². The average molecular weight is 223 g/mol. The molecule has 1 unspecified atom stereocenters. The van der Waals surface area contributed by atoms with Crippen molar-refractivity contribution in [2.24, 2.45) is 5.73 Å². The van der Waals surface area contributed by atoms with Crippen LogP contribution in [0.1, 0.15) is 19.8 Å². The molecule has 0 saturated carbocycles. The summed E-state index contributed by atoms with van der Waals surface area (Å²) in [7, 11) is 0. The SMILES string of the molecule is C#CCN1CCN(C(=O)CCC(C)N)CC1. The average Bonchev–Trinajstić information content (AvgIpc) is 2.27. The van der Waals surface area contributed by atoms with E-state index in [1.54, 1.807) is 0 Å². The number of carbonyl (C=O) groups excluding carboxylic acids is 1. The van der Waals surface area contributed by atoms with E-state index in [2.05, 4.69) is 10.8 Å². The van der Waals surface area contributed by atoms with Gasteiger partial charge in [0.15, 0.2) is 0 Å². The second-order valence-corrected chi connectivity index (χ2v) is 4.38. The van der Waals surface area contributed by atoms with Gasteiger partial charge in [-0.3, -0.25) is 9.69 Å². The van der Waals surface area contributed by atoms with E-state index < -0.39 is 0 Å². The predicted octanol–water partition coefficient (Wildman–Crippen LogP) is -0.109. The highest BCUT2D eigenvalue weighted by Crippen LogP contribution is 2.05. The minimum atomic E-state index is 0.103. The molecule has 0 radical (unpaired) electrons. The van der Waals surface area contributed by atoms with Crippen LogP contribution < -0.4 is 5.73 Å². The molecule has 0 aromatic rings. The minimum Gasteiger partial charge on any atom is -0.340 e. The zero-order valence-corrected chi connectivity index (χ0v) is 9.98. The van der Waals surface area contributed by atoms with Crippen LogP contribution >= 0.6 is 0 Å². The Morgan fingerprint density at radius 1 is 1.44 bits per heavy atom. The van der Waals surface area contributed by atoms with Gasteiger partial charge in [-0.25, -0.2) is 0 Å². The third-order valence-electron chi connectivity index (χ3n) is 2.85. The Kier molecular flexibility index (Phi) is 5.30. The lowest BCUT2D eigenvalue weighted by atomic mass is 10.1. The van der Waals surface area contributed by atoms with Crippen molar-refractivity contribution in [2.45, 2.75) is 25.8 Å². The number of hydrogen-bond acceptors (Lipinski definition) is 3. The molecule has 1 heterocycles. The second kappa shape index (κ2) is 6.51. The van der Waals surface area contributed by atoms with Crippen LogP contribution in [0.4, 0.5) is 0 Å². The number of amides is 1. The monoisotopic (exact) mass is 223 g/mol. The first-order valence-electron chi connectivity index (χ1n) is 5.82. The summed E-state index contributed by atoms with van der Waals surface area (Å²) in [5.74, 6) is 2.85. The zero-order valence-electron chi connectivity index (χ0n) is 9.98. The zero-order chi connectivity index (χ0) is 12.0. The van der Waals surface area contributed by atoms with Gasteiger partial charge in [0, 0.05) is 38.6 Å². The number of piperazine rings is 1. The van der Waals surface area contributed by atoms with Crippen LogP contribution in [0.15, 0.2) is 0 Å². The molecule has 1 aliphatic heterocycles. The number of carbonyl (C=O) groups is 1. The Balaban J connectivity index is 2.25. The van der Waals surface area contributed by atoms with Crippen molar-refractivity contribution in [1.82, 2.24) is 9.80 Å². The van der Waals surface area contributed by atoms with Crippen molar-refractivity contribution in [2.75, 3.05) is 32.7 Å². The van der Waals surface area contributed by atoms with E-state index in [0.29, 0.717) is 13.0 Å².